The number of hydrogen-bond acceptors (Lipinski definition) is 3. The first kappa shape index (κ1) is 15.0. The number of hydrogen-bond donors (Lipinski definition) is 1. The third-order valence-electron chi connectivity index (χ3n) is 3.07. The molecule has 3 nitrogen and oxygen atoms in total. The summed E-state index contributed by atoms with van der Waals surface area (Å²) in [6, 6.07) is 14.0. The van der Waals surface area contributed by atoms with E-state index >= 15 is 0 Å². The Labute approximate surface area is 125 Å². The molecule has 2 aromatic rings. The van der Waals surface area contributed by atoms with Gasteiger partial charge < -0.3 is 10.2 Å². The molecule has 0 radical (unpaired) electrons. The zero-order valence-corrected chi connectivity index (χ0v) is 12.5. The first-order valence-corrected chi connectivity index (χ1v) is 7.15. The topological polar surface area (TPSA) is 28.2 Å². The molecular formula is C16H20ClN3. The van der Waals surface area contributed by atoms with E-state index in [0.29, 0.717) is 0 Å². The summed E-state index contributed by atoms with van der Waals surface area (Å²) in [6.07, 6.45) is 1.82. The molecule has 0 saturated carbocycles. The maximum atomic E-state index is 5.88. The van der Waals surface area contributed by atoms with Gasteiger partial charge in [0.2, 0.25) is 0 Å². The zero-order chi connectivity index (χ0) is 14.2. The fourth-order valence-electron chi connectivity index (χ4n) is 1.97. The van der Waals surface area contributed by atoms with Crippen LogP contribution >= 0.6 is 11.6 Å². The third-order valence-corrected chi connectivity index (χ3v) is 3.32. The smallest absolute Gasteiger partial charge is 0.0541 e. The molecule has 1 N–H and O–H groups in total. The minimum atomic E-state index is 0.786. The number of nitrogens with one attached hydrogen (secondary N) is 1. The number of likely N-dealkylation sites (N-methyl/N-ethyl adjacent to an activating group) is 1. The SMILES string of the molecule is CN(CCNCc1ccccn1)Cc1ccc(Cl)cc1. The summed E-state index contributed by atoms with van der Waals surface area (Å²) in [5.74, 6) is 0. The van der Waals surface area contributed by atoms with Gasteiger partial charge in [0, 0.05) is 37.4 Å². The predicted molar refractivity (Wildman–Crippen MR) is 83.7 cm³/mol. The molecule has 0 spiro atoms. The second kappa shape index (κ2) is 8.00. The zero-order valence-electron chi connectivity index (χ0n) is 11.7. The van der Waals surface area contributed by atoms with Crippen molar-refractivity contribution in [2.75, 3.05) is 20.1 Å². The van der Waals surface area contributed by atoms with Crippen LogP contribution in [0.3, 0.4) is 0 Å². The van der Waals surface area contributed by atoms with Crippen molar-refractivity contribution in [3.8, 4) is 0 Å². The van der Waals surface area contributed by atoms with E-state index in [4.69, 9.17) is 11.6 Å². The normalized spacial score (nSPS) is 10.9. The molecule has 1 heterocycles. The lowest BCUT2D eigenvalue weighted by Crippen LogP contribution is -2.28. The molecule has 1 aromatic heterocycles. The van der Waals surface area contributed by atoms with Crippen molar-refractivity contribution in [3.05, 3.63) is 64.9 Å². The summed E-state index contributed by atoms with van der Waals surface area (Å²) >= 11 is 5.88. The van der Waals surface area contributed by atoms with Crippen LogP contribution in [0.15, 0.2) is 48.7 Å². The van der Waals surface area contributed by atoms with Crippen molar-refractivity contribution in [1.82, 2.24) is 15.2 Å². The molecule has 2 rings (SSSR count). The molecule has 4 heteroatoms. The van der Waals surface area contributed by atoms with Crippen molar-refractivity contribution in [3.63, 3.8) is 0 Å². The van der Waals surface area contributed by atoms with Crippen LogP contribution in [0, 0.1) is 0 Å². The Morgan fingerprint density at radius 3 is 2.65 bits per heavy atom. The van der Waals surface area contributed by atoms with E-state index in [-0.39, 0.29) is 0 Å². The van der Waals surface area contributed by atoms with Gasteiger partial charge in [-0.1, -0.05) is 29.8 Å². The highest BCUT2D eigenvalue weighted by Crippen LogP contribution is 2.10. The molecule has 0 amide bonds. The van der Waals surface area contributed by atoms with Crippen LogP contribution in [-0.2, 0) is 13.1 Å². The largest absolute Gasteiger partial charge is 0.310 e. The number of pyridine rings is 1. The van der Waals surface area contributed by atoms with Crippen molar-refractivity contribution in [2.24, 2.45) is 0 Å². The van der Waals surface area contributed by atoms with Crippen LogP contribution in [0.25, 0.3) is 0 Å². The lowest BCUT2D eigenvalue weighted by molar-refractivity contribution is 0.324. The number of benzene rings is 1. The van der Waals surface area contributed by atoms with Crippen LogP contribution in [0.5, 0.6) is 0 Å². The van der Waals surface area contributed by atoms with Gasteiger partial charge in [0.1, 0.15) is 0 Å². The van der Waals surface area contributed by atoms with Crippen molar-refractivity contribution in [1.29, 1.82) is 0 Å². The molecule has 0 aliphatic carbocycles. The second-order valence-electron chi connectivity index (χ2n) is 4.86. The highest BCUT2D eigenvalue weighted by molar-refractivity contribution is 6.30. The summed E-state index contributed by atoms with van der Waals surface area (Å²) in [7, 11) is 2.12. The highest BCUT2D eigenvalue weighted by atomic mass is 35.5. The van der Waals surface area contributed by atoms with Crippen molar-refractivity contribution in [2.45, 2.75) is 13.1 Å². The van der Waals surface area contributed by atoms with Gasteiger partial charge in [0.15, 0.2) is 0 Å². The van der Waals surface area contributed by atoms with Crippen LogP contribution in [0.1, 0.15) is 11.3 Å². The minimum Gasteiger partial charge on any atom is -0.310 e. The van der Waals surface area contributed by atoms with Crippen molar-refractivity contribution < 1.29 is 0 Å². The third kappa shape index (κ3) is 5.29. The number of nitrogens with zero attached hydrogens (tertiary/aromatic N) is 2. The maximum Gasteiger partial charge on any atom is 0.0541 e. The quantitative estimate of drug-likeness (QED) is 0.795. The second-order valence-corrected chi connectivity index (χ2v) is 5.30. The van der Waals surface area contributed by atoms with E-state index in [1.807, 2.05) is 36.5 Å². The molecule has 106 valence electrons. The standard InChI is InChI=1S/C16H20ClN3/c1-20(13-14-5-7-15(17)8-6-14)11-10-18-12-16-4-2-3-9-19-16/h2-9,18H,10-13H2,1H3. The lowest BCUT2D eigenvalue weighted by Gasteiger charge is -2.17. The molecule has 1 aromatic carbocycles. The van der Waals surface area contributed by atoms with Crippen LogP contribution in [0.2, 0.25) is 5.02 Å². The van der Waals surface area contributed by atoms with Gasteiger partial charge in [-0.05, 0) is 36.9 Å². The summed E-state index contributed by atoms with van der Waals surface area (Å²) in [5, 5.41) is 4.19. The van der Waals surface area contributed by atoms with E-state index in [0.717, 1.165) is 36.9 Å². The van der Waals surface area contributed by atoms with Crippen molar-refractivity contribution >= 4 is 11.6 Å². The fraction of sp³-hybridized carbons (Fsp3) is 0.312. The van der Waals surface area contributed by atoms with Crippen LogP contribution < -0.4 is 5.32 Å². The van der Waals surface area contributed by atoms with Crippen LogP contribution in [-0.4, -0.2) is 30.0 Å². The van der Waals surface area contributed by atoms with E-state index in [2.05, 4.69) is 34.4 Å². The average molecular weight is 290 g/mol. The number of halogens is 1. The van der Waals surface area contributed by atoms with Gasteiger partial charge >= 0.3 is 0 Å². The molecule has 0 unspecified atom stereocenters. The number of rotatable bonds is 7. The Hall–Kier alpha value is -1.42. The summed E-state index contributed by atoms with van der Waals surface area (Å²) < 4.78 is 0. The van der Waals surface area contributed by atoms with E-state index in [9.17, 15) is 0 Å². The average Bonchev–Trinajstić information content (AvgIpc) is 2.47. The van der Waals surface area contributed by atoms with E-state index < -0.39 is 0 Å². The van der Waals surface area contributed by atoms with Gasteiger partial charge in [0.25, 0.3) is 0 Å². The summed E-state index contributed by atoms with van der Waals surface area (Å²) in [6.45, 7) is 3.69. The Morgan fingerprint density at radius 1 is 1.15 bits per heavy atom. The first-order chi connectivity index (χ1) is 9.74. The van der Waals surface area contributed by atoms with E-state index in [1.165, 1.54) is 5.56 Å². The minimum absolute atomic E-state index is 0.786. The molecule has 0 bridgehead atoms. The Balaban J connectivity index is 1.65. The van der Waals surface area contributed by atoms with E-state index in [1.54, 1.807) is 0 Å². The molecular weight excluding hydrogens is 270 g/mol. The molecule has 0 atom stereocenters. The Kier molecular flexibility index (Phi) is 5.99. The molecule has 0 saturated heterocycles. The van der Waals surface area contributed by atoms with Gasteiger partial charge in [-0.15, -0.1) is 0 Å². The summed E-state index contributed by atoms with van der Waals surface area (Å²) in [4.78, 5) is 6.57. The Morgan fingerprint density at radius 2 is 1.95 bits per heavy atom. The first-order valence-electron chi connectivity index (χ1n) is 6.77. The maximum absolute atomic E-state index is 5.88. The van der Waals surface area contributed by atoms with Gasteiger partial charge in [-0.3, -0.25) is 4.98 Å². The molecule has 0 aliphatic heterocycles. The monoisotopic (exact) mass is 289 g/mol. The lowest BCUT2D eigenvalue weighted by atomic mass is 10.2. The van der Waals surface area contributed by atoms with Crippen LogP contribution in [0.4, 0.5) is 0 Å². The molecule has 20 heavy (non-hydrogen) atoms. The fourth-order valence-corrected chi connectivity index (χ4v) is 2.10. The highest BCUT2D eigenvalue weighted by Gasteiger charge is 2.00. The van der Waals surface area contributed by atoms with Gasteiger partial charge in [0.05, 0.1) is 5.69 Å². The number of aromatic nitrogens is 1. The van der Waals surface area contributed by atoms with Gasteiger partial charge in [-0.25, -0.2) is 0 Å². The Bertz CT molecular complexity index is 499. The van der Waals surface area contributed by atoms with Gasteiger partial charge in [-0.2, -0.15) is 0 Å². The molecule has 0 aliphatic rings. The molecule has 0 fully saturated rings. The predicted octanol–water partition coefficient (Wildman–Crippen LogP) is 2.96. The summed E-state index contributed by atoms with van der Waals surface area (Å²) in [5.41, 5.74) is 2.36.